The lowest BCUT2D eigenvalue weighted by atomic mass is 10.1. The van der Waals surface area contributed by atoms with Crippen molar-refractivity contribution >= 4 is 34.9 Å². The minimum absolute atomic E-state index is 0.0552. The molecule has 0 fully saturated rings. The second-order valence-electron chi connectivity index (χ2n) is 6.62. The minimum Gasteiger partial charge on any atom is -0.493 e. The molecule has 0 spiro atoms. The van der Waals surface area contributed by atoms with E-state index in [-0.39, 0.29) is 12.2 Å². The molecule has 2 rings (SSSR count). The molecule has 2 aromatic rings. The highest BCUT2D eigenvalue weighted by Crippen LogP contribution is 2.22. The number of aryl methyl sites for hydroxylation is 1. The third-order valence-electron chi connectivity index (χ3n) is 4.16. The van der Waals surface area contributed by atoms with Gasteiger partial charge in [-0.15, -0.1) is 0 Å². The number of hydrogen-bond donors (Lipinski definition) is 1. The number of Topliss-reactive ketones (excluding diaryl/α,β-unsaturated/α-hetero) is 1. The van der Waals surface area contributed by atoms with E-state index in [2.05, 4.69) is 5.32 Å². The predicted octanol–water partition coefficient (Wildman–Crippen LogP) is 4.58. The fourth-order valence-corrected chi connectivity index (χ4v) is 2.74. The predicted molar refractivity (Wildman–Crippen MR) is 112 cm³/mol. The third kappa shape index (κ3) is 7.23. The normalized spacial score (nSPS) is 11.4. The SMILES string of the molecule is CC(=O)c1ccc(NC(=O)[C@@H](C)OC(=O)CCCOc2ccc(Cl)cc2C)cc1. The lowest BCUT2D eigenvalue weighted by Crippen LogP contribution is -2.30. The fourth-order valence-electron chi connectivity index (χ4n) is 2.52. The number of esters is 1. The number of benzene rings is 2. The average molecular weight is 418 g/mol. The summed E-state index contributed by atoms with van der Waals surface area (Å²) in [5.74, 6) is -0.260. The molecule has 0 aliphatic heterocycles. The van der Waals surface area contributed by atoms with Crippen molar-refractivity contribution in [2.24, 2.45) is 0 Å². The highest BCUT2D eigenvalue weighted by atomic mass is 35.5. The van der Waals surface area contributed by atoms with Crippen molar-refractivity contribution in [1.82, 2.24) is 0 Å². The Morgan fingerprint density at radius 3 is 2.41 bits per heavy atom. The molecule has 6 nitrogen and oxygen atoms in total. The van der Waals surface area contributed by atoms with Gasteiger partial charge in [0.05, 0.1) is 6.61 Å². The molecule has 0 saturated heterocycles. The van der Waals surface area contributed by atoms with Crippen LogP contribution in [0.25, 0.3) is 0 Å². The summed E-state index contributed by atoms with van der Waals surface area (Å²) in [5, 5.41) is 3.29. The summed E-state index contributed by atoms with van der Waals surface area (Å²) in [7, 11) is 0. The van der Waals surface area contributed by atoms with E-state index < -0.39 is 18.0 Å². The topological polar surface area (TPSA) is 81.7 Å². The molecule has 0 bridgehead atoms. The molecular formula is C22H24ClNO5. The minimum atomic E-state index is -0.936. The van der Waals surface area contributed by atoms with E-state index in [0.717, 1.165) is 5.56 Å². The van der Waals surface area contributed by atoms with Gasteiger partial charge in [-0.1, -0.05) is 11.6 Å². The van der Waals surface area contributed by atoms with Crippen LogP contribution >= 0.6 is 11.6 Å². The van der Waals surface area contributed by atoms with E-state index in [4.69, 9.17) is 21.1 Å². The first kappa shape index (κ1) is 22.4. The second kappa shape index (κ2) is 10.6. The van der Waals surface area contributed by atoms with Gasteiger partial charge in [-0.25, -0.2) is 0 Å². The average Bonchev–Trinajstić information content (AvgIpc) is 2.67. The highest BCUT2D eigenvalue weighted by Gasteiger charge is 2.18. The van der Waals surface area contributed by atoms with Gasteiger partial charge in [0.25, 0.3) is 5.91 Å². The maximum absolute atomic E-state index is 12.2. The molecule has 154 valence electrons. The zero-order chi connectivity index (χ0) is 21.4. The number of carbonyl (C=O) groups excluding carboxylic acids is 3. The number of halogens is 1. The van der Waals surface area contributed by atoms with Gasteiger partial charge in [-0.05, 0) is 75.2 Å². The molecule has 29 heavy (non-hydrogen) atoms. The van der Waals surface area contributed by atoms with Gasteiger partial charge in [-0.3, -0.25) is 14.4 Å². The molecule has 0 radical (unpaired) electrons. The van der Waals surface area contributed by atoms with Crippen molar-refractivity contribution in [3.8, 4) is 5.75 Å². The summed E-state index contributed by atoms with van der Waals surface area (Å²) < 4.78 is 10.8. The first-order valence-electron chi connectivity index (χ1n) is 9.26. The summed E-state index contributed by atoms with van der Waals surface area (Å²) in [6.07, 6.45) is -0.339. The Morgan fingerprint density at radius 2 is 1.79 bits per heavy atom. The van der Waals surface area contributed by atoms with Crippen LogP contribution < -0.4 is 10.1 Å². The first-order valence-corrected chi connectivity index (χ1v) is 9.64. The van der Waals surface area contributed by atoms with Crippen LogP contribution in [0.4, 0.5) is 5.69 Å². The van der Waals surface area contributed by atoms with Gasteiger partial charge in [0.2, 0.25) is 0 Å². The van der Waals surface area contributed by atoms with Crippen LogP contribution in [0, 0.1) is 6.92 Å². The van der Waals surface area contributed by atoms with Gasteiger partial charge < -0.3 is 14.8 Å². The Morgan fingerprint density at radius 1 is 1.10 bits per heavy atom. The second-order valence-corrected chi connectivity index (χ2v) is 7.05. The summed E-state index contributed by atoms with van der Waals surface area (Å²) >= 11 is 5.90. The van der Waals surface area contributed by atoms with E-state index in [9.17, 15) is 14.4 Å². The van der Waals surface area contributed by atoms with Crippen LogP contribution in [0.2, 0.25) is 5.02 Å². The van der Waals surface area contributed by atoms with Crippen LogP contribution in [-0.2, 0) is 14.3 Å². The lowest BCUT2D eigenvalue weighted by Gasteiger charge is -2.14. The molecule has 2 aromatic carbocycles. The van der Waals surface area contributed by atoms with Crippen LogP contribution in [0.3, 0.4) is 0 Å². The summed E-state index contributed by atoms with van der Waals surface area (Å²) in [4.78, 5) is 35.4. The van der Waals surface area contributed by atoms with Crippen molar-refractivity contribution in [2.45, 2.75) is 39.7 Å². The highest BCUT2D eigenvalue weighted by molar-refractivity contribution is 6.30. The molecule has 0 saturated carbocycles. The van der Waals surface area contributed by atoms with Gasteiger partial charge in [0.1, 0.15) is 5.75 Å². The standard InChI is InChI=1S/C22H24ClNO5/c1-14-13-18(23)8-11-20(14)28-12-4-5-21(26)29-16(3)22(27)24-19-9-6-17(7-10-19)15(2)25/h6-11,13,16H,4-5,12H2,1-3H3,(H,24,27)/t16-/m1/s1. The molecule has 1 amide bonds. The number of anilines is 1. The van der Waals surface area contributed by atoms with Crippen LogP contribution in [0.1, 0.15) is 42.6 Å². The molecule has 0 heterocycles. The number of nitrogens with one attached hydrogen (secondary N) is 1. The molecule has 0 unspecified atom stereocenters. The molecule has 1 N–H and O–H groups in total. The van der Waals surface area contributed by atoms with Crippen molar-refractivity contribution in [3.63, 3.8) is 0 Å². The van der Waals surface area contributed by atoms with Gasteiger partial charge >= 0.3 is 5.97 Å². The number of carbonyl (C=O) groups is 3. The van der Waals surface area contributed by atoms with Crippen LogP contribution in [0.15, 0.2) is 42.5 Å². The van der Waals surface area contributed by atoms with E-state index in [1.165, 1.54) is 13.8 Å². The quantitative estimate of drug-likeness (QED) is 0.367. The Kier molecular flexibility index (Phi) is 8.21. The Bertz CT molecular complexity index is 879. The Balaban J connectivity index is 1.72. The summed E-state index contributed by atoms with van der Waals surface area (Å²) in [6, 6.07) is 11.8. The Labute approximate surface area is 175 Å². The number of rotatable bonds is 9. The van der Waals surface area contributed by atoms with Gasteiger partial charge in [0.15, 0.2) is 11.9 Å². The number of ketones is 1. The maximum Gasteiger partial charge on any atom is 0.306 e. The van der Waals surface area contributed by atoms with Crippen molar-refractivity contribution in [3.05, 3.63) is 58.6 Å². The molecule has 0 aliphatic rings. The number of ether oxygens (including phenoxy) is 2. The summed E-state index contributed by atoms with van der Waals surface area (Å²) in [5.41, 5.74) is 2.00. The molecule has 0 aromatic heterocycles. The van der Waals surface area contributed by atoms with Crippen molar-refractivity contribution in [2.75, 3.05) is 11.9 Å². The first-order chi connectivity index (χ1) is 13.8. The van der Waals surface area contributed by atoms with Crippen molar-refractivity contribution < 1.29 is 23.9 Å². The zero-order valence-corrected chi connectivity index (χ0v) is 17.4. The van der Waals surface area contributed by atoms with Crippen LogP contribution in [-0.4, -0.2) is 30.4 Å². The third-order valence-corrected chi connectivity index (χ3v) is 4.39. The smallest absolute Gasteiger partial charge is 0.306 e. The van der Waals surface area contributed by atoms with Crippen molar-refractivity contribution in [1.29, 1.82) is 0 Å². The monoisotopic (exact) mass is 417 g/mol. The molecule has 7 heteroatoms. The number of hydrogen-bond acceptors (Lipinski definition) is 5. The van der Waals surface area contributed by atoms with E-state index in [1.807, 2.05) is 6.92 Å². The van der Waals surface area contributed by atoms with Gasteiger partial charge in [-0.2, -0.15) is 0 Å². The van der Waals surface area contributed by atoms with E-state index >= 15 is 0 Å². The fraction of sp³-hybridized carbons (Fsp3) is 0.318. The van der Waals surface area contributed by atoms with Crippen LogP contribution in [0.5, 0.6) is 5.75 Å². The van der Waals surface area contributed by atoms with Gasteiger partial charge in [0, 0.05) is 22.7 Å². The molecular weight excluding hydrogens is 394 g/mol. The van der Waals surface area contributed by atoms with E-state index in [0.29, 0.717) is 35.1 Å². The van der Waals surface area contributed by atoms with E-state index in [1.54, 1.807) is 42.5 Å². The molecule has 0 aliphatic carbocycles. The number of amides is 1. The zero-order valence-electron chi connectivity index (χ0n) is 16.7. The Hall–Kier alpha value is -2.86. The largest absolute Gasteiger partial charge is 0.493 e. The lowest BCUT2D eigenvalue weighted by molar-refractivity contribution is -0.153. The molecule has 1 atom stereocenters. The summed E-state index contributed by atoms with van der Waals surface area (Å²) in [6.45, 7) is 5.21. The maximum atomic E-state index is 12.2.